The van der Waals surface area contributed by atoms with E-state index in [0.29, 0.717) is 28.8 Å². The first-order chi connectivity index (χ1) is 14.9. The third-order valence-corrected chi connectivity index (χ3v) is 5.17. The highest BCUT2D eigenvalue weighted by atomic mass is 32.1. The van der Waals surface area contributed by atoms with E-state index in [2.05, 4.69) is 20.7 Å². The van der Waals surface area contributed by atoms with Gasteiger partial charge in [-0.2, -0.15) is 4.98 Å². The van der Waals surface area contributed by atoms with Crippen LogP contribution in [0.2, 0.25) is 0 Å². The number of benzene rings is 2. The first-order valence-corrected chi connectivity index (χ1v) is 9.92. The highest BCUT2D eigenvalue weighted by molar-refractivity contribution is 7.15. The monoisotopic (exact) mass is 445 g/mol. The minimum atomic E-state index is -1.07. The molecular formula is C20H14F3N5O2S. The van der Waals surface area contributed by atoms with E-state index in [1.54, 1.807) is 16.6 Å². The van der Waals surface area contributed by atoms with E-state index in [-0.39, 0.29) is 18.0 Å². The molecule has 0 aliphatic heterocycles. The largest absolute Gasteiger partial charge is 0.347 e. The van der Waals surface area contributed by atoms with Crippen LogP contribution in [-0.2, 0) is 16.0 Å². The lowest BCUT2D eigenvalue weighted by atomic mass is 10.2. The van der Waals surface area contributed by atoms with Gasteiger partial charge in [-0.15, -0.1) is 16.4 Å². The van der Waals surface area contributed by atoms with Crippen molar-refractivity contribution in [2.24, 2.45) is 0 Å². The van der Waals surface area contributed by atoms with Gasteiger partial charge in [0.2, 0.25) is 4.96 Å². The zero-order valence-corrected chi connectivity index (χ0v) is 16.5. The van der Waals surface area contributed by atoms with Crippen LogP contribution in [0.15, 0.2) is 47.8 Å². The Kier molecular flexibility index (Phi) is 5.67. The molecule has 4 rings (SSSR count). The van der Waals surface area contributed by atoms with Crippen molar-refractivity contribution in [2.45, 2.75) is 6.42 Å². The van der Waals surface area contributed by atoms with E-state index >= 15 is 0 Å². The lowest BCUT2D eigenvalue weighted by molar-refractivity contribution is -0.136. The summed E-state index contributed by atoms with van der Waals surface area (Å²) < 4.78 is 41.2. The number of hydrogen-bond donors (Lipinski definition) is 2. The molecule has 4 aromatic rings. The summed E-state index contributed by atoms with van der Waals surface area (Å²) in [7, 11) is 0. The number of hydrogen-bond acceptors (Lipinski definition) is 5. The fourth-order valence-electron chi connectivity index (χ4n) is 2.77. The number of rotatable bonds is 5. The molecule has 2 heterocycles. The maximum absolute atomic E-state index is 13.6. The van der Waals surface area contributed by atoms with E-state index in [1.165, 1.54) is 23.5 Å². The molecule has 2 amide bonds. The van der Waals surface area contributed by atoms with Crippen molar-refractivity contribution in [1.82, 2.24) is 19.9 Å². The van der Waals surface area contributed by atoms with Crippen LogP contribution < -0.4 is 10.6 Å². The first kappa shape index (κ1) is 20.5. The summed E-state index contributed by atoms with van der Waals surface area (Å²) in [5, 5.41) is 10.8. The van der Waals surface area contributed by atoms with Crippen LogP contribution >= 0.6 is 11.3 Å². The Hall–Kier alpha value is -3.73. The quantitative estimate of drug-likeness (QED) is 0.462. The van der Waals surface area contributed by atoms with Gasteiger partial charge in [0.1, 0.15) is 17.5 Å². The number of carbonyl (C=O) groups is 2. The lowest BCUT2D eigenvalue weighted by Gasteiger charge is -2.07. The van der Waals surface area contributed by atoms with Crippen LogP contribution in [0, 0.1) is 17.5 Å². The molecule has 2 aromatic heterocycles. The minimum Gasteiger partial charge on any atom is -0.347 e. The molecule has 0 unspecified atom stereocenters. The number of carbonyl (C=O) groups excluding carboxylic acids is 2. The molecule has 0 saturated carbocycles. The summed E-state index contributed by atoms with van der Waals surface area (Å²) in [6, 6.07) is 8.41. The van der Waals surface area contributed by atoms with Crippen molar-refractivity contribution in [2.75, 3.05) is 11.9 Å². The molecule has 11 heteroatoms. The highest BCUT2D eigenvalue weighted by Gasteiger charge is 2.16. The van der Waals surface area contributed by atoms with Gasteiger partial charge in [0.05, 0.1) is 11.4 Å². The molecule has 31 heavy (non-hydrogen) atoms. The summed E-state index contributed by atoms with van der Waals surface area (Å²) >= 11 is 1.35. The maximum Gasteiger partial charge on any atom is 0.313 e. The molecule has 2 N–H and O–H groups in total. The van der Waals surface area contributed by atoms with E-state index in [9.17, 15) is 22.8 Å². The van der Waals surface area contributed by atoms with Crippen molar-refractivity contribution < 1.29 is 22.8 Å². The third-order valence-electron chi connectivity index (χ3n) is 4.30. The van der Waals surface area contributed by atoms with Crippen LogP contribution in [0.5, 0.6) is 0 Å². The zero-order chi connectivity index (χ0) is 22.0. The minimum absolute atomic E-state index is 0.121. The SMILES string of the molecule is O=C(NCCc1csc2nc(-c3ccc(F)cc3)nn12)C(=O)Nc1ccc(F)cc1F. The van der Waals surface area contributed by atoms with Gasteiger partial charge in [0.15, 0.2) is 5.82 Å². The standard InChI is InChI=1S/C20H14F3N5O2S/c21-12-3-1-11(2-4-12)17-26-20-28(27-17)14(10-31-20)7-8-24-18(29)19(30)25-16-6-5-13(22)9-15(16)23/h1-6,9-10H,7-8H2,(H,24,29)(H,25,30). The van der Waals surface area contributed by atoms with Gasteiger partial charge in [-0.1, -0.05) is 0 Å². The molecule has 0 fully saturated rings. The molecule has 158 valence electrons. The van der Waals surface area contributed by atoms with Crippen LogP contribution in [0.1, 0.15) is 5.69 Å². The van der Waals surface area contributed by atoms with Crippen molar-refractivity contribution in [1.29, 1.82) is 0 Å². The zero-order valence-electron chi connectivity index (χ0n) is 15.7. The average molecular weight is 445 g/mol. The Morgan fingerprint density at radius 2 is 1.74 bits per heavy atom. The molecule has 7 nitrogen and oxygen atoms in total. The number of halogens is 3. The molecule has 2 aromatic carbocycles. The molecule has 0 aliphatic carbocycles. The van der Waals surface area contributed by atoms with Gasteiger partial charge in [-0.05, 0) is 36.4 Å². The Morgan fingerprint density at radius 3 is 2.48 bits per heavy atom. The predicted octanol–water partition coefficient (Wildman–Crippen LogP) is 3.17. The number of fused-ring (bicyclic) bond motifs is 1. The molecule has 0 aliphatic rings. The van der Waals surface area contributed by atoms with E-state index < -0.39 is 23.4 Å². The van der Waals surface area contributed by atoms with Crippen LogP contribution in [-0.4, -0.2) is 33.0 Å². The Labute approximate surface area is 177 Å². The number of amides is 2. The topological polar surface area (TPSA) is 88.4 Å². The van der Waals surface area contributed by atoms with Gasteiger partial charge in [0.25, 0.3) is 0 Å². The van der Waals surface area contributed by atoms with E-state index in [0.717, 1.165) is 17.8 Å². The van der Waals surface area contributed by atoms with Gasteiger partial charge < -0.3 is 10.6 Å². The van der Waals surface area contributed by atoms with Crippen molar-refractivity contribution in [3.63, 3.8) is 0 Å². The maximum atomic E-state index is 13.6. The third kappa shape index (κ3) is 4.56. The average Bonchev–Trinajstić information content (AvgIpc) is 3.32. The van der Waals surface area contributed by atoms with Gasteiger partial charge in [-0.25, -0.2) is 17.7 Å². The lowest BCUT2D eigenvalue weighted by Crippen LogP contribution is -2.36. The van der Waals surface area contributed by atoms with Gasteiger partial charge in [0, 0.05) is 30.0 Å². The number of thiazole rings is 1. The summed E-state index contributed by atoms with van der Waals surface area (Å²) in [6.45, 7) is 0.121. The van der Waals surface area contributed by atoms with Crippen LogP contribution in [0.4, 0.5) is 18.9 Å². The fourth-order valence-corrected chi connectivity index (χ4v) is 3.63. The normalized spacial score (nSPS) is 10.9. The van der Waals surface area contributed by atoms with Crippen molar-refractivity contribution in [3.05, 3.63) is 71.0 Å². The first-order valence-electron chi connectivity index (χ1n) is 9.04. The van der Waals surface area contributed by atoms with Crippen LogP contribution in [0.25, 0.3) is 16.3 Å². The van der Waals surface area contributed by atoms with Gasteiger partial charge >= 0.3 is 11.8 Å². The van der Waals surface area contributed by atoms with Crippen LogP contribution in [0.3, 0.4) is 0 Å². The van der Waals surface area contributed by atoms with E-state index in [4.69, 9.17) is 0 Å². The summed E-state index contributed by atoms with van der Waals surface area (Å²) in [5.74, 6) is -3.71. The van der Waals surface area contributed by atoms with E-state index in [1.807, 2.05) is 5.38 Å². The number of nitrogens with one attached hydrogen (secondary N) is 2. The second-order valence-electron chi connectivity index (χ2n) is 6.45. The smallest absolute Gasteiger partial charge is 0.313 e. The predicted molar refractivity (Wildman–Crippen MR) is 108 cm³/mol. The van der Waals surface area contributed by atoms with Crippen molar-refractivity contribution >= 4 is 33.8 Å². The highest BCUT2D eigenvalue weighted by Crippen LogP contribution is 2.21. The summed E-state index contributed by atoms with van der Waals surface area (Å²) in [6.07, 6.45) is 0.357. The fraction of sp³-hybridized carbons (Fsp3) is 0.100. The molecular weight excluding hydrogens is 431 g/mol. The summed E-state index contributed by atoms with van der Waals surface area (Å²) in [4.78, 5) is 28.9. The molecule has 0 atom stereocenters. The second-order valence-corrected chi connectivity index (χ2v) is 7.28. The Bertz CT molecular complexity index is 1270. The molecule has 0 radical (unpaired) electrons. The number of anilines is 1. The molecule has 0 bridgehead atoms. The molecule has 0 spiro atoms. The molecule has 0 saturated heterocycles. The Balaban J connectivity index is 1.36. The van der Waals surface area contributed by atoms with Gasteiger partial charge in [-0.3, -0.25) is 9.59 Å². The van der Waals surface area contributed by atoms with Crippen molar-refractivity contribution in [3.8, 4) is 11.4 Å². The number of aromatic nitrogens is 3. The number of nitrogens with zero attached hydrogens (tertiary/aromatic N) is 3. The second kappa shape index (κ2) is 8.56. The summed E-state index contributed by atoms with van der Waals surface area (Å²) in [5.41, 5.74) is 1.13. The Morgan fingerprint density at radius 1 is 1.00 bits per heavy atom.